The number of nitrogen functional groups attached to an aromatic ring is 1. The zero-order valence-corrected chi connectivity index (χ0v) is 9.91. The molecule has 0 bridgehead atoms. The molecule has 0 unspecified atom stereocenters. The maximum absolute atomic E-state index is 13.3. The summed E-state index contributed by atoms with van der Waals surface area (Å²) in [7, 11) is 0. The molecule has 0 aliphatic carbocycles. The molecule has 1 aromatic carbocycles. The molecule has 88 valence electrons. The minimum absolute atomic E-state index is 0.0157. The van der Waals surface area contributed by atoms with Gasteiger partial charge in [-0.25, -0.2) is 14.4 Å². The molecule has 4 nitrogen and oxygen atoms in total. The van der Waals surface area contributed by atoms with Gasteiger partial charge in [-0.2, -0.15) is 4.39 Å². The van der Waals surface area contributed by atoms with E-state index in [1.54, 1.807) is 0 Å². The topological polar surface area (TPSA) is 61.0 Å². The summed E-state index contributed by atoms with van der Waals surface area (Å²) in [5.74, 6) is -2.20. The van der Waals surface area contributed by atoms with Gasteiger partial charge in [0.15, 0.2) is 11.6 Å². The van der Waals surface area contributed by atoms with Crippen molar-refractivity contribution in [3.05, 3.63) is 40.6 Å². The Bertz CT molecular complexity index is 516. The first kappa shape index (κ1) is 11.7. The standard InChI is InChI=1S/C10H6BrF2N3O/c11-7-9(14)15-4-16-10(7)17-6-3-1-2-5(12)8(6)13/h1-4H,(H2,14,15,16). The molecule has 0 aliphatic heterocycles. The van der Waals surface area contributed by atoms with Gasteiger partial charge in [0, 0.05) is 0 Å². The molecule has 1 aromatic heterocycles. The SMILES string of the molecule is Nc1ncnc(Oc2cccc(F)c2F)c1Br. The molecule has 0 saturated heterocycles. The van der Waals surface area contributed by atoms with E-state index >= 15 is 0 Å². The van der Waals surface area contributed by atoms with Crippen molar-refractivity contribution >= 4 is 21.7 Å². The molecule has 0 atom stereocenters. The molecule has 0 aliphatic rings. The van der Waals surface area contributed by atoms with Gasteiger partial charge in [0.2, 0.25) is 11.7 Å². The number of halogens is 3. The highest BCUT2D eigenvalue weighted by Crippen LogP contribution is 2.31. The van der Waals surface area contributed by atoms with Crippen molar-refractivity contribution in [3.63, 3.8) is 0 Å². The quantitative estimate of drug-likeness (QED) is 0.926. The van der Waals surface area contributed by atoms with Crippen LogP contribution in [0, 0.1) is 11.6 Å². The summed E-state index contributed by atoms with van der Waals surface area (Å²) in [5, 5.41) is 0. The smallest absolute Gasteiger partial charge is 0.239 e. The Morgan fingerprint density at radius 2 is 2.00 bits per heavy atom. The predicted molar refractivity (Wildman–Crippen MR) is 60.6 cm³/mol. The van der Waals surface area contributed by atoms with E-state index in [2.05, 4.69) is 25.9 Å². The van der Waals surface area contributed by atoms with Crippen LogP contribution in [-0.4, -0.2) is 9.97 Å². The summed E-state index contributed by atoms with van der Waals surface area (Å²) in [4.78, 5) is 7.45. The number of nitrogens with two attached hydrogens (primary N) is 1. The lowest BCUT2D eigenvalue weighted by atomic mass is 10.3. The molecular weight excluding hydrogens is 296 g/mol. The number of anilines is 1. The first-order valence-electron chi connectivity index (χ1n) is 4.47. The first-order valence-corrected chi connectivity index (χ1v) is 5.26. The predicted octanol–water partition coefficient (Wildman–Crippen LogP) is 2.89. The van der Waals surface area contributed by atoms with Gasteiger partial charge in [0.25, 0.3) is 0 Å². The molecule has 1 heterocycles. The molecule has 0 radical (unpaired) electrons. The fourth-order valence-electron chi connectivity index (χ4n) is 1.10. The summed E-state index contributed by atoms with van der Waals surface area (Å²) in [6.07, 6.45) is 1.16. The van der Waals surface area contributed by atoms with E-state index in [0.29, 0.717) is 0 Å². The minimum Gasteiger partial charge on any atom is -0.434 e. The second-order valence-corrected chi connectivity index (χ2v) is 3.83. The zero-order chi connectivity index (χ0) is 12.4. The lowest BCUT2D eigenvalue weighted by Gasteiger charge is -2.08. The Morgan fingerprint density at radius 1 is 1.24 bits per heavy atom. The number of hydrogen-bond acceptors (Lipinski definition) is 4. The first-order chi connectivity index (χ1) is 8.09. The third-order valence-electron chi connectivity index (χ3n) is 1.91. The molecule has 2 aromatic rings. The normalized spacial score (nSPS) is 10.3. The Kier molecular flexibility index (Phi) is 3.19. The minimum atomic E-state index is -1.09. The van der Waals surface area contributed by atoms with Crippen molar-refractivity contribution in [1.82, 2.24) is 9.97 Å². The van der Waals surface area contributed by atoms with Gasteiger partial charge in [-0.15, -0.1) is 0 Å². The fourth-order valence-corrected chi connectivity index (χ4v) is 1.39. The van der Waals surface area contributed by atoms with Crippen LogP contribution in [0.15, 0.2) is 29.0 Å². The Hall–Kier alpha value is -1.76. The highest BCUT2D eigenvalue weighted by atomic mass is 79.9. The van der Waals surface area contributed by atoms with E-state index in [1.807, 2.05) is 0 Å². The van der Waals surface area contributed by atoms with Crippen molar-refractivity contribution in [3.8, 4) is 11.6 Å². The highest BCUT2D eigenvalue weighted by molar-refractivity contribution is 9.10. The maximum Gasteiger partial charge on any atom is 0.239 e. The van der Waals surface area contributed by atoms with Crippen LogP contribution >= 0.6 is 15.9 Å². The van der Waals surface area contributed by atoms with Crippen LogP contribution in [0.1, 0.15) is 0 Å². The summed E-state index contributed by atoms with van der Waals surface area (Å²) in [6.45, 7) is 0. The zero-order valence-electron chi connectivity index (χ0n) is 8.32. The lowest BCUT2D eigenvalue weighted by Crippen LogP contribution is -1.98. The van der Waals surface area contributed by atoms with E-state index in [-0.39, 0.29) is 21.9 Å². The second-order valence-electron chi connectivity index (χ2n) is 3.03. The molecule has 0 saturated carbocycles. The van der Waals surface area contributed by atoms with Crippen molar-refractivity contribution in [2.45, 2.75) is 0 Å². The Balaban J connectivity index is 2.38. The number of aromatic nitrogens is 2. The summed E-state index contributed by atoms with van der Waals surface area (Å²) < 4.78 is 31.7. The van der Waals surface area contributed by atoms with Crippen LogP contribution < -0.4 is 10.5 Å². The number of ether oxygens (including phenoxy) is 1. The van der Waals surface area contributed by atoms with E-state index in [4.69, 9.17) is 10.5 Å². The van der Waals surface area contributed by atoms with Crippen LogP contribution in [0.4, 0.5) is 14.6 Å². The molecule has 0 amide bonds. The average Bonchev–Trinajstić information content (AvgIpc) is 2.31. The van der Waals surface area contributed by atoms with Crippen LogP contribution in [0.25, 0.3) is 0 Å². The molecule has 0 fully saturated rings. The van der Waals surface area contributed by atoms with Crippen molar-refractivity contribution in [1.29, 1.82) is 0 Å². The second kappa shape index (κ2) is 4.62. The van der Waals surface area contributed by atoms with Gasteiger partial charge in [0.05, 0.1) is 0 Å². The number of benzene rings is 1. The Labute approximate surface area is 104 Å². The highest BCUT2D eigenvalue weighted by Gasteiger charge is 2.13. The molecule has 7 heteroatoms. The Morgan fingerprint density at radius 3 is 2.76 bits per heavy atom. The van der Waals surface area contributed by atoms with Crippen LogP contribution in [0.3, 0.4) is 0 Å². The molecular formula is C10H6BrF2N3O. The fraction of sp³-hybridized carbons (Fsp3) is 0. The lowest BCUT2D eigenvalue weighted by molar-refractivity contribution is 0.403. The monoisotopic (exact) mass is 301 g/mol. The summed E-state index contributed by atoms with van der Waals surface area (Å²) in [5.41, 5.74) is 5.50. The molecule has 17 heavy (non-hydrogen) atoms. The molecule has 2 rings (SSSR count). The number of nitrogens with zero attached hydrogens (tertiary/aromatic N) is 2. The van der Waals surface area contributed by atoms with Gasteiger partial charge in [-0.3, -0.25) is 0 Å². The van der Waals surface area contributed by atoms with Gasteiger partial charge >= 0.3 is 0 Å². The number of rotatable bonds is 2. The van der Waals surface area contributed by atoms with Gasteiger partial charge in [-0.05, 0) is 28.1 Å². The maximum atomic E-state index is 13.3. The van der Waals surface area contributed by atoms with Crippen molar-refractivity contribution in [2.24, 2.45) is 0 Å². The van der Waals surface area contributed by atoms with E-state index in [0.717, 1.165) is 12.4 Å². The third kappa shape index (κ3) is 2.33. The molecule has 2 N–H and O–H groups in total. The van der Waals surface area contributed by atoms with Crippen molar-refractivity contribution in [2.75, 3.05) is 5.73 Å². The van der Waals surface area contributed by atoms with Crippen molar-refractivity contribution < 1.29 is 13.5 Å². The van der Waals surface area contributed by atoms with E-state index in [9.17, 15) is 8.78 Å². The van der Waals surface area contributed by atoms with Crippen LogP contribution in [0.2, 0.25) is 0 Å². The summed E-state index contributed by atoms with van der Waals surface area (Å²) in [6, 6.07) is 3.60. The summed E-state index contributed by atoms with van der Waals surface area (Å²) >= 11 is 3.09. The average molecular weight is 302 g/mol. The third-order valence-corrected chi connectivity index (χ3v) is 2.65. The number of hydrogen-bond donors (Lipinski definition) is 1. The van der Waals surface area contributed by atoms with E-state index < -0.39 is 11.6 Å². The molecule has 0 spiro atoms. The van der Waals surface area contributed by atoms with Gasteiger partial charge in [0.1, 0.15) is 16.6 Å². The van der Waals surface area contributed by atoms with E-state index in [1.165, 1.54) is 12.1 Å². The van der Waals surface area contributed by atoms with Crippen LogP contribution in [-0.2, 0) is 0 Å². The van der Waals surface area contributed by atoms with Gasteiger partial charge in [-0.1, -0.05) is 6.07 Å². The largest absolute Gasteiger partial charge is 0.434 e. The van der Waals surface area contributed by atoms with Gasteiger partial charge < -0.3 is 10.5 Å². The van der Waals surface area contributed by atoms with Crippen LogP contribution in [0.5, 0.6) is 11.6 Å².